The lowest BCUT2D eigenvalue weighted by Gasteiger charge is -2.11. The minimum atomic E-state index is -0.431. The first kappa shape index (κ1) is 20.3. The number of thioether (sulfide) groups is 1. The Balaban J connectivity index is 1.79. The molecule has 28 heavy (non-hydrogen) atoms. The Morgan fingerprint density at radius 2 is 1.93 bits per heavy atom. The third kappa shape index (κ3) is 4.53. The molecule has 0 saturated carbocycles. The Kier molecular flexibility index (Phi) is 6.35. The molecule has 3 rings (SSSR count). The van der Waals surface area contributed by atoms with Crippen molar-refractivity contribution in [3.63, 3.8) is 0 Å². The molecule has 0 unspecified atom stereocenters. The van der Waals surface area contributed by atoms with Crippen LogP contribution in [0.1, 0.15) is 16.7 Å². The van der Waals surface area contributed by atoms with E-state index in [0.29, 0.717) is 28.0 Å². The summed E-state index contributed by atoms with van der Waals surface area (Å²) in [5, 5.41) is 0.230. The summed E-state index contributed by atoms with van der Waals surface area (Å²) in [5.74, 6) is 2.23. The van der Waals surface area contributed by atoms with Gasteiger partial charge in [0.2, 0.25) is 0 Å². The molecule has 2 aromatic rings. The van der Waals surface area contributed by atoms with Crippen LogP contribution in [-0.4, -0.2) is 22.6 Å². The first-order valence-corrected chi connectivity index (χ1v) is 9.82. The number of terminal acetylenes is 1. The molecule has 1 aliphatic heterocycles. The molecule has 2 amide bonds. The lowest BCUT2D eigenvalue weighted by molar-refractivity contribution is -0.122. The van der Waals surface area contributed by atoms with Crippen molar-refractivity contribution >= 4 is 52.2 Å². The molecule has 1 heterocycles. The second-order valence-electron chi connectivity index (χ2n) is 6.06. The average Bonchev–Trinajstić information content (AvgIpc) is 2.89. The van der Waals surface area contributed by atoms with Gasteiger partial charge in [-0.3, -0.25) is 14.5 Å². The molecular weight excluding hydrogens is 417 g/mol. The predicted octanol–water partition coefficient (Wildman–Crippen LogP) is 5.55. The highest BCUT2D eigenvalue weighted by molar-refractivity contribution is 8.18. The summed E-state index contributed by atoms with van der Waals surface area (Å²) in [6.07, 6.45) is 6.75. The maximum absolute atomic E-state index is 12.3. The number of nitrogens with zero attached hydrogens (tertiary/aromatic N) is 1. The molecule has 1 saturated heterocycles. The van der Waals surface area contributed by atoms with Crippen LogP contribution in [0.15, 0.2) is 41.3 Å². The van der Waals surface area contributed by atoms with Gasteiger partial charge in [0, 0.05) is 0 Å². The van der Waals surface area contributed by atoms with Crippen LogP contribution in [0.3, 0.4) is 0 Å². The number of amides is 2. The van der Waals surface area contributed by atoms with Gasteiger partial charge in [0.05, 0.1) is 21.5 Å². The van der Waals surface area contributed by atoms with E-state index in [1.807, 2.05) is 31.2 Å². The number of halogens is 2. The van der Waals surface area contributed by atoms with Crippen molar-refractivity contribution in [1.82, 2.24) is 4.90 Å². The number of benzene rings is 2. The molecule has 0 atom stereocenters. The van der Waals surface area contributed by atoms with E-state index in [0.717, 1.165) is 27.8 Å². The summed E-state index contributed by atoms with van der Waals surface area (Å²) < 4.78 is 5.78. The lowest BCUT2D eigenvalue weighted by atomic mass is 10.1. The zero-order valence-corrected chi connectivity index (χ0v) is 17.2. The normalized spacial score (nSPS) is 15.2. The number of hydrogen-bond donors (Lipinski definition) is 0. The fraction of sp³-hybridized carbons (Fsp3) is 0.143. The first-order chi connectivity index (χ1) is 13.4. The van der Waals surface area contributed by atoms with Crippen molar-refractivity contribution in [1.29, 1.82) is 0 Å². The number of carbonyl (C=O) groups is 2. The van der Waals surface area contributed by atoms with Crippen LogP contribution in [0.25, 0.3) is 6.08 Å². The van der Waals surface area contributed by atoms with E-state index >= 15 is 0 Å². The van der Waals surface area contributed by atoms with Gasteiger partial charge in [-0.2, -0.15) is 0 Å². The molecule has 0 spiro atoms. The smallest absolute Gasteiger partial charge is 0.294 e. The highest BCUT2D eigenvalue weighted by Crippen LogP contribution is 2.37. The predicted molar refractivity (Wildman–Crippen MR) is 113 cm³/mol. The number of ether oxygens (including phenoxy) is 1. The monoisotopic (exact) mass is 431 g/mol. The molecular formula is C21H15Cl2NO3S. The Hall–Kier alpha value is -2.39. The van der Waals surface area contributed by atoms with Gasteiger partial charge in [-0.05, 0) is 48.0 Å². The van der Waals surface area contributed by atoms with Gasteiger partial charge in [-0.25, -0.2) is 0 Å². The first-order valence-electron chi connectivity index (χ1n) is 8.25. The maximum Gasteiger partial charge on any atom is 0.294 e. The number of carbonyl (C=O) groups excluding carboxylic acids is 2. The van der Waals surface area contributed by atoms with E-state index in [1.165, 1.54) is 0 Å². The van der Waals surface area contributed by atoms with E-state index < -0.39 is 11.1 Å². The number of hydrogen-bond acceptors (Lipinski definition) is 4. The van der Waals surface area contributed by atoms with Gasteiger partial charge in [0.15, 0.2) is 5.75 Å². The van der Waals surface area contributed by atoms with Crippen molar-refractivity contribution in [2.45, 2.75) is 13.5 Å². The van der Waals surface area contributed by atoms with Crippen molar-refractivity contribution in [3.8, 4) is 18.1 Å². The molecule has 7 heteroatoms. The Labute approximate surface area is 177 Å². The summed E-state index contributed by atoms with van der Waals surface area (Å²) in [6.45, 7) is 2.27. The highest BCUT2D eigenvalue weighted by atomic mass is 35.5. The molecule has 142 valence electrons. The van der Waals surface area contributed by atoms with E-state index in [9.17, 15) is 9.59 Å². The van der Waals surface area contributed by atoms with E-state index in [1.54, 1.807) is 18.2 Å². The van der Waals surface area contributed by atoms with Crippen molar-refractivity contribution in [3.05, 3.63) is 68.0 Å². The Morgan fingerprint density at radius 1 is 1.21 bits per heavy atom. The highest BCUT2D eigenvalue weighted by Gasteiger charge is 2.34. The second-order valence-corrected chi connectivity index (χ2v) is 7.87. The molecule has 4 nitrogen and oxygen atoms in total. The van der Waals surface area contributed by atoms with Crippen LogP contribution in [0.5, 0.6) is 5.75 Å². The fourth-order valence-electron chi connectivity index (χ4n) is 2.64. The zero-order valence-electron chi connectivity index (χ0n) is 14.9. The molecule has 2 aromatic carbocycles. The molecule has 0 N–H and O–H groups in total. The molecule has 1 fully saturated rings. The summed E-state index contributed by atoms with van der Waals surface area (Å²) in [5.41, 5.74) is 2.72. The summed E-state index contributed by atoms with van der Waals surface area (Å²) in [6, 6.07) is 11.2. The van der Waals surface area contributed by atoms with E-state index in [2.05, 4.69) is 5.92 Å². The minimum Gasteiger partial charge on any atom is -0.486 e. The van der Waals surface area contributed by atoms with Crippen molar-refractivity contribution in [2.24, 2.45) is 0 Å². The van der Waals surface area contributed by atoms with Gasteiger partial charge in [-0.1, -0.05) is 59.0 Å². The summed E-state index contributed by atoms with van der Waals surface area (Å²) >= 11 is 13.5. The van der Waals surface area contributed by atoms with Gasteiger partial charge in [0.1, 0.15) is 6.61 Å². The van der Waals surface area contributed by atoms with Gasteiger partial charge >= 0.3 is 0 Å². The largest absolute Gasteiger partial charge is 0.486 e. The minimum absolute atomic E-state index is 0.0603. The molecule has 0 radical (unpaired) electrons. The molecule has 0 bridgehead atoms. The fourth-order valence-corrected chi connectivity index (χ4v) is 4.09. The van der Waals surface area contributed by atoms with Gasteiger partial charge in [0.25, 0.3) is 11.1 Å². The zero-order chi connectivity index (χ0) is 20.3. The van der Waals surface area contributed by atoms with Crippen molar-refractivity contribution < 1.29 is 14.3 Å². The maximum atomic E-state index is 12.3. The average molecular weight is 432 g/mol. The third-order valence-corrected chi connectivity index (χ3v) is 5.38. The van der Waals surface area contributed by atoms with E-state index in [4.69, 9.17) is 34.4 Å². The SMILES string of the molecule is C#CCN1C(=O)S/C(=C/c2cc(Cl)c(OCc3cccc(C)c3)c(Cl)c2)C1=O. The van der Waals surface area contributed by atoms with Crippen LogP contribution in [-0.2, 0) is 11.4 Å². The van der Waals surface area contributed by atoms with Gasteiger partial charge in [-0.15, -0.1) is 6.42 Å². The van der Waals surface area contributed by atoms with Crippen LogP contribution in [0, 0.1) is 19.3 Å². The number of aryl methyl sites for hydroxylation is 1. The van der Waals surface area contributed by atoms with Crippen LogP contribution < -0.4 is 4.74 Å². The van der Waals surface area contributed by atoms with Crippen LogP contribution >= 0.6 is 35.0 Å². The number of rotatable bonds is 5. The summed E-state index contributed by atoms with van der Waals surface area (Å²) in [7, 11) is 0. The molecule has 0 aliphatic carbocycles. The molecule has 1 aliphatic rings. The number of imide groups is 1. The van der Waals surface area contributed by atoms with Gasteiger partial charge < -0.3 is 4.74 Å². The lowest BCUT2D eigenvalue weighted by Crippen LogP contribution is -2.28. The van der Waals surface area contributed by atoms with Crippen LogP contribution in [0.2, 0.25) is 10.0 Å². The quantitative estimate of drug-likeness (QED) is 0.459. The molecule has 0 aromatic heterocycles. The third-order valence-electron chi connectivity index (χ3n) is 3.91. The Morgan fingerprint density at radius 3 is 2.57 bits per heavy atom. The van der Waals surface area contributed by atoms with Crippen molar-refractivity contribution in [2.75, 3.05) is 6.54 Å². The Bertz CT molecular complexity index is 1000. The standard InChI is InChI=1S/C21H15Cl2NO3S/c1-3-7-24-20(25)18(28-21(24)26)11-15-9-16(22)19(17(23)10-15)27-12-14-6-4-5-13(2)8-14/h1,4-6,8-11H,7,12H2,2H3/b18-11+. The second kappa shape index (κ2) is 8.74. The topological polar surface area (TPSA) is 46.6 Å². The summed E-state index contributed by atoms with van der Waals surface area (Å²) in [4.78, 5) is 25.4. The van der Waals surface area contributed by atoms with E-state index in [-0.39, 0.29) is 11.4 Å². The van der Waals surface area contributed by atoms with Crippen LogP contribution in [0.4, 0.5) is 4.79 Å².